The van der Waals surface area contributed by atoms with Crippen LogP contribution in [0.25, 0.3) is 10.9 Å². The molecule has 2 atom stereocenters. The zero-order valence-corrected chi connectivity index (χ0v) is 17.5. The average Bonchev–Trinajstić information content (AvgIpc) is 3.15. The minimum absolute atomic E-state index is 0. The highest BCUT2D eigenvalue weighted by Gasteiger charge is 2.22. The van der Waals surface area contributed by atoms with Crippen LogP contribution in [-0.2, 0) is 4.79 Å². The van der Waals surface area contributed by atoms with E-state index in [2.05, 4.69) is 76.1 Å². The number of carbonyl (C=O) groups excluding carboxylic acids is 1. The van der Waals surface area contributed by atoms with Crippen molar-refractivity contribution in [1.29, 1.82) is 0 Å². The van der Waals surface area contributed by atoms with Crippen molar-refractivity contribution < 1.29 is 4.79 Å². The number of hydrogen-bond acceptors (Lipinski definition) is 3. The van der Waals surface area contributed by atoms with Gasteiger partial charge in [-0.05, 0) is 24.1 Å². The third kappa shape index (κ3) is 4.99. The van der Waals surface area contributed by atoms with Crippen molar-refractivity contribution in [2.45, 2.75) is 18.9 Å². The van der Waals surface area contributed by atoms with E-state index in [1.165, 1.54) is 16.5 Å². The van der Waals surface area contributed by atoms with Gasteiger partial charge in [0.2, 0.25) is 5.91 Å². The molecule has 1 unspecified atom stereocenters. The number of halogens is 1. The Bertz CT molecular complexity index is 927. The lowest BCUT2D eigenvalue weighted by Crippen LogP contribution is -2.52. The molecule has 1 aromatic heterocycles. The normalized spacial score (nSPS) is 18.2. The van der Waals surface area contributed by atoms with E-state index >= 15 is 0 Å². The molecule has 1 aliphatic heterocycles. The number of para-hydroxylation sites is 1. The van der Waals surface area contributed by atoms with Gasteiger partial charge >= 0.3 is 0 Å². The van der Waals surface area contributed by atoms with E-state index < -0.39 is 0 Å². The standard InChI is InChI=1S/C23H28N4O.ClH/c1-17-13-24-11-12-27(17)16-23(28)26-14-20(18-7-3-2-4-8-18)21-15-25-22-10-6-5-9-19(21)22;/h2-10,15,17,20,24-25H,11-14,16H2,1H3,(H,26,28);1H/t17-,20?;/m0./s1. The maximum atomic E-state index is 12.6. The van der Waals surface area contributed by atoms with E-state index in [0.717, 1.165) is 25.2 Å². The van der Waals surface area contributed by atoms with Crippen LogP contribution in [0.1, 0.15) is 24.0 Å². The minimum Gasteiger partial charge on any atom is -0.361 e. The van der Waals surface area contributed by atoms with Gasteiger partial charge in [0.15, 0.2) is 0 Å². The Morgan fingerprint density at radius 1 is 1.17 bits per heavy atom. The molecule has 0 radical (unpaired) electrons. The zero-order chi connectivity index (χ0) is 19.3. The van der Waals surface area contributed by atoms with Gasteiger partial charge in [0.25, 0.3) is 0 Å². The summed E-state index contributed by atoms with van der Waals surface area (Å²) in [4.78, 5) is 18.3. The number of benzene rings is 2. The van der Waals surface area contributed by atoms with Gasteiger partial charge in [-0.3, -0.25) is 9.69 Å². The van der Waals surface area contributed by atoms with Crippen molar-refractivity contribution >= 4 is 29.2 Å². The number of aromatic nitrogens is 1. The molecule has 5 nitrogen and oxygen atoms in total. The van der Waals surface area contributed by atoms with Crippen LogP contribution in [0.3, 0.4) is 0 Å². The van der Waals surface area contributed by atoms with Gasteiger partial charge in [-0.25, -0.2) is 0 Å². The first-order valence-electron chi connectivity index (χ1n) is 10.0. The van der Waals surface area contributed by atoms with Crippen molar-refractivity contribution in [2.24, 2.45) is 0 Å². The molecular weight excluding hydrogens is 384 g/mol. The fraction of sp³-hybridized carbons (Fsp3) is 0.348. The first-order chi connectivity index (χ1) is 13.7. The molecule has 1 aliphatic rings. The number of nitrogens with zero attached hydrogens (tertiary/aromatic N) is 1. The molecule has 0 aliphatic carbocycles. The lowest BCUT2D eigenvalue weighted by molar-refractivity contribution is -0.122. The predicted molar refractivity (Wildman–Crippen MR) is 121 cm³/mol. The molecule has 6 heteroatoms. The van der Waals surface area contributed by atoms with Crippen LogP contribution < -0.4 is 10.6 Å². The Morgan fingerprint density at radius 2 is 1.93 bits per heavy atom. The topological polar surface area (TPSA) is 60.2 Å². The summed E-state index contributed by atoms with van der Waals surface area (Å²) in [6, 6.07) is 19.1. The number of hydrogen-bond donors (Lipinski definition) is 3. The molecule has 3 N–H and O–H groups in total. The van der Waals surface area contributed by atoms with E-state index in [-0.39, 0.29) is 24.2 Å². The molecule has 3 aromatic rings. The second-order valence-electron chi connectivity index (χ2n) is 7.58. The highest BCUT2D eigenvalue weighted by molar-refractivity contribution is 5.85. The molecular formula is C23H29ClN4O. The van der Waals surface area contributed by atoms with E-state index in [1.54, 1.807) is 0 Å². The van der Waals surface area contributed by atoms with Gasteiger partial charge in [0.05, 0.1) is 6.54 Å². The Morgan fingerprint density at radius 3 is 2.72 bits per heavy atom. The third-order valence-electron chi connectivity index (χ3n) is 5.69. The number of nitrogens with one attached hydrogen (secondary N) is 3. The average molecular weight is 413 g/mol. The number of carbonyl (C=O) groups is 1. The van der Waals surface area contributed by atoms with Crippen LogP contribution >= 0.6 is 12.4 Å². The van der Waals surface area contributed by atoms with E-state index in [9.17, 15) is 4.79 Å². The first-order valence-corrected chi connectivity index (χ1v) is 10.0. The van der Waals surface area contributed by atoms with E-state index in [0.29, 0.717) is 19.1 Å². The maximum absolute atomic E-state index is 12.6. The Hall–Kier alpha value is -2.34. The van der Waals surface area contributed by atoms with Gasteiger partial charge in [0, 0.05) is 55.2 Å². The fourth-order valence-corrected chi connectivity index (χ4v) is 4.05. The summed E-state index contributed by atoms with van der Waals surface area (Å²) < 4.78 is 0. The Labute approximate surface area is 178 Å². The van der Waals surface area contributed by atoms with Crippen molar-refractivity contribution in [3.63, 3.8) is 0 Å². The fourth-order valence-electron chi connectivity index (χ4n) is 4.05. The van der Waals surface area contributed by atoms with Crippen LogP contribution in [0.2, 0.25) is 0 Å². The molecule has 29 heavy (non-hydrogen) atoms. The lowest BCUT2D eigenvalue weighted by atomic mass is 9.91. The Kier molecular flexibility index (Phi) is 7.31. The number of rotatable bonds is 6. The zero-order valence-electron chi connectivity index (χ0n) is 16.7. The van der Waals surface area contributed by atoms with Crippen molar-refractivity contribution in [3.05, 3.63) is 71.9 Å². The van der Waals surface area contributed by atoms with Gasteiger partial charge in [-0.1, -0.05) is 48.5 Å². The summed E-state index contributed by atoms with van der Waals surface area (Å²) in [5, 5.41) is 7.76. The summed E-state index contributed by atoms with van der Waals surface area (Å²) >= 11 is 0. The van der Waals surface area contributed by atoms with Gasteiger partial charge in [0.1, 0.15) is 0 Å². The van der Waals surface area contributed by atoms with Crippen molar-refractivity contribution in [3.8, 4) is 0 Å². The lowest BCUT2D eigenvalue weighted by Gasteiger charge is -2.33. The molecule has 0 spiro atoms. The molecule has 154 valence electrons. The number of H-pyrrole nitrogens is 1. The largest absolute Gasteiger partial charge is 0.361 e. The summed E-state index contributed by atoms with van der Waals surface area (Å²) in [6.45, 7) is 6.01. The monoisotopic (exact) mass is 412 g/mol. The maximum Gasteiger partial charge on any atom is 0.234 e. The van der Waals surface area contributed by atoms with E-state index in [1.807, 2.05) is 12.1 Å². The predicted octanol–water partition coefficient (Wildman–Crippen LogP) is 3.13. The summed E-state index contributed by atoms with van der Waals surface area (Å²) in [5.74, 6) is 0.205. The number of fused-ring (bicyclic) bond motifs is 1. The van der Waals surface area contributed by atoms with E-state index in [4.69, 9.17) is 0 Å². The molecule has 1 fully saturated rings. The molecule has 0 bridgehead atoms. The smallest absolute Gasteiger partial charge is 0.234 e. The molecule has 1 amide bonds. The van der Waals surface area contributed by atoms with Crippen LogP contribution in [0.4, 0.5) is 0 Å². The molecule has 1 saturated heterocycles. The van der Waals surface area contributed by atoms with Gasteiger partial charge in [-0.2, -0.15) is 0 Å². The van der Waals surface area contributed by atoms with Crippen LogP contribution in [-0.4, -0.2) is 54.6 Å². The summed E-state index contributed by atoms with van der Waals surface area (Å²) in [7, 11) is 0. The summed E-state index contributed by atoms with van der Waals surface area (Å²) in [6.07, 6.45) is 2.08. The first kappa shape index (κ1) is 21.4. The highest BCUT2D eigenvalue weighted by atomic mass is 35.5. The number of amides is 1. The van der Waals surface area contributed by atoms with Gasteiger partial charge in [-0.15, -0.1) is 12.4 Å². The minimum atomic E-state index is 0. The van der Waals surface area contributed by atoms with Crippen LogP contribution in [0.15, 0.2) is 60.8 Å². The van der Waals surface area contributed by atoms with Crippen molar-refractivity contribution in [1.82, 2.24) is 20.5 Å². The molecule has 2 heterocycles. The number of piperazine rings is 1. The molecule has 0 saturated carbocycles. The van der Waals surface area contributed by atoms with Gasteiger partial charge < -0.3 is 15.6 Å². The molecule has 2 aromatic carbocycles. The molecule has 4 rings (SSSR count). The highest BCUT2D eigenvalue weighted by Crippen LogP contribution is 2.30. The Balaban J connectivity index is 0.00000240. The second-order valence-corrected chi connectivity index (χ2v) is 7.58. The SMILES string of the molecule is C[C@H]1CNCCN1CC(=O)NCC(c1ccccc1)c1c[nH]c2ccccc12.Cl. The van der Waals surface area contributed by atoms with Crippen molar-refractivity contribution in [2.75, 3.05) is 32.7 Å². The summed E-state index contributed by atoms with van der Waals surface area (Å²) in [5.41, 5.74) is 3.56. The van der Waals surface area contributed by atoms with Crippen LogP contribution in [0, 0.1) is 0 Å². The number of aromatic amines is 1. The third-order valence-corrected chi connectivity index (χ3v) is 5.69. The van der Waals surface area contributed by atoms with Crippen LogP contribution in [0.5, 0.6) is 0 Å². The quantitative estimate of drug-likeness (QED) is 0.583. The second kappa shape index (κ2) is 9.92.